The summed E-state index contributed by atoms with van der Waals surface area (Å²) >= 11 is 0. The lowest BCUT2D eigenvalue weighted by molar-refractivity contribution is 0.600. The Balaban J connectivity index is 1.90. The van der Waals surface area contributed by atoms with E-state index >= 15 is 0 Å². The van der Waals surface area contributed by atoms with E-state index in [1.807, 2.05) is 0 Å². The third-order valence-corrected chi connectivity index (χ3v) is 8.65. The van der Waals surface area contributed by atoms with E-state index in [4.69, 9.17) is 0 Å². The van der Waals surface area contributed by atoms with Gasteiger partial charge in [0.05, 0.1) is 14.7 Å². The van der Waals surface area contributed by atoms with Crippen LogP contribution in [0.15, 0.2) is 87.5 Å². The second-order valence-electron chi connectivity index (χ2n) is 8.04. The molecule has 182 valence electrons. The van der Waals surface area contributed by atoms with Gasteiger partial charge < -0.3 is 0 Å². The third kappa shape index (κ3) is 5.19. The maximum atomic E-state index is 11.9. The van der Waals surface area contributed by atoms with Gasteiger partial charge in [0.25, 0.3) is 0 Å². The van der Waals surface area contributed by atoms with E-state index in [-0.39, 0.29) is 14.7 Å². The quantitative estimate of drug-likeness (QED) is 0.371. The van der Waals surface area contributed by atoms with Gasteiger partial charge in [0, 0.05) is 35.6 Å². The molecular formula is C23H21N3O6S3. The van der Waals surface area contributed by atoms with Gasteiger partial charge in [0.15, 0.2) is 41.2 Å². The van der Waals surface area contributed by atoms with Crippen LogP contribution in [0, 0.1) is 0 Å². The molecule has 0 bridgehead atoms. The summed E-state index contributed by atoms with van der Waals surface area (Å²) in [5.74, 6) is 0.777. The molecule has 3 aromatic carbocycles. The minimum atomic E-state index is -3.40. The first-order chi connectivity index (χ1) is 16.2. The molecule has 0 saturated carbocycles. The predicted molar refractivity (Wildman–Crippen MR) is 132 cm³/mol. The molecule has 0 atom stereocenters. The summed E-state index contributed by atoms with van der Waals surface area (Å²) < 4.78 is 72.9. The van der Waals surface area contributed by atoms with Crippen molar-refractivity contribution in [1.82, 2.24) is 14.8 Å². The Morgan fingerprint density at radius 2 is 0.771 bits per heavy atom. The van der Waals surface area contributed by atoms with Gasteiger partial charge in [-0.2, -0.15) is 0 Å². The molecule has 0 spiro atoms. The molecule has 1 heterocycles. The highest BCUT2D eigenvalue weighted by Gasteiger charge is 2.19. The Kier molecular flexibility index (Phi) is 6.16. The highest BCUT2D eigenvalue weighted by atomic mass is 32.2. The van der Waals surface area contributed by atoms with Crippen LogP contribution in [0.3, 0.4) is 0 Å². The van der Waals surface area contributed by atoms with E-state index < -0.39 is 29.5 Å². The van der Waals surface area contributed by atoms with Crippen LogP contribution in [-0.4, -0.2) is 58.8 Å². The normalized spacial score (nSPS) is 12.5. The molecule has 0 aliphatic carbocycles. The minimum Gasteiger partial charge on any atom is -0.275 e. The first kappa shape index (κ1) is 24.8. The number of hydrogen-bond acceptors (Lipinski definition) is 8. The van der Waals surface area contributed by atoms with Crippen molar-refractivity contribution in [1.29, 1.82) is 0 Å². The van der Waals surface area contributed by atoms with Crippen molar-refractivity contribution < 1.29 is 25.3 Å². The number of sulfone groups is 3. The van der Waals surface area contributed by atoms with Crippen molar-refractivity contribution in [2.75, 3.05) is 18.8 Å². The highest BCUT2D eigenvalue weighted by Crippen LogP contribution is 2.30. The van der Waals surface area contributed by atoms with E-state index in [1.165, 1.54) is 36.4 Å². The van der Waals surface area contributed by atoms with E-state index in [9.17, 15) is 25.3 Å². The molecule has 0 amide bonds. The van der Waals surface area contributed by atoms with E-state index in [2.05, 4.69) is 10.2 Å². The predicted octanol–water partition coefficient (Wildman–Crippen LogP) is 2.81. The maximum Gasteiger partial charge on any atom is 0.175 e. The molecule has 0 aliphatic rings. The van der Waals surface area contributed by atoms with Crippen LogP contribution < -0.4 is 0 Å². The molecule has 0 fully saturated rings. The Hall–Kier alpha value is -3.35. The van der Waals surface area contributed by atoms with Crippen LogP contribution in [0.5, 0.6) is 0 Å². The molecule has 12 heteroatoms. The van der Waals surface area contributed by atoms with Crippen molar-refractivity contribution in [3.63, 3.8) is 0 Å². The highest BCUT2D eigenvalue weighted by molar-refractivity contribution is 7.91. The van der Waals surface area contributed by atoms with E-state index in [1.54, 1.807) is 41.0 Å². The second-order valence-corrected chi connectivity index (χ2v) is 14.1. The zero-order valence-corrected chi connectivity index (χ0v) is 21.4. The summed E-state index contributed by atoms with van der Waals surface area (Å²) in [5.41, 5.74) is 1.72. The first-order valence-electron chi connectivity index (χ1n) is 10.1. The summed E-state index contributed by atoms with van der Waals surface area (Å²) in [6.45, 7) is 0. The standard InChI is InChI=1S/C23H21N3O6S3/c1-33(27,28)19-10-4-16(5-11-19)22-24-25-23(17-6-12-20(13-7-17)34(2,29)30)26(22)18-8-14-21(15-9-18)35(3,31)32/h4-15H,1-3H3. The maximum absolute atomic E-state index is 11.9. The summed E-state index contributed by atoms with van der Waals surface area (Å²) in [6, 6.07) is 18.5. The lowest BCUT2D eigenvalue weighted by Crippen LogP contribution is -2.03. The van der Waals surface area contributed by atoms with Crippen molar-refractivity contribution >= 4 is 29.5 Å². The number of hydrogen-bond donors (Lipinski definition) is 0. The van der Waals surface area contributed by atoms with Gasteiger partial charge in [-0.25, -0.2) is 25.3 Å². The molecule has 1 aromatic heterocycles. The molecule has 9 nitrogen and oxygen atoms in total. The molecule has 4 rings (SSSR count). The Bertz CT molecular complexity index is 1630. The largest absolute Gasteiger partial charge is 0.275 e. The van der Waals surface area contributed by atoms with Crippen LogP contribution in [0.1, 0.15) is 0 Å². The summed E-state index contributed by atoms with van der Waals surface area (Å²) in [4.78, 5) is 0.454. The second kappa shape index (κ2) is 8.70. The molecule has 4 aromatic rings. The van der Waals surface area contributed by atoms with E-state index in [0.717, 1.165) is 18.8 Å². The topological polar surface area (TPSA) is 133 Å². The van der Waals surface area contributed by atoms with Crippen molar-refractivity contribution in [3.05, 3.63) is 72.8 Å². The number of rotatable bonds is 6. The molecule has 0 aliphatic heterocycles. The monoisotopic (exact) mass is 531 g/mol. The summed E-state index contributed by atoms with van der Waals surface area (Å²) in [5, 5.41) is 8.60. The lowest BCUT2D eigenvalue weighted by Gasteiger charge is -2.12. The summed E-state index contributed by atoms with van der Waals surface area (Å²) in [6.07, 6.45) is 3.35. The molecule has 0 unspecified atom stereocenters. The van der Waals surface area contributed by atoms with Crippen LogP contribution in [0.4, 0.5) is 0 Å². The molecule has 0 saturated heterocycles. The molecule has 0 radical (unpaired) electrons. The van der Waals surface area contributed by atoms with Gasteiger partial charge in [0.1, 0.15) is 0 Å². The zero-order valence-electron chi connectivity index (χ0n) is 18.9. The van der Waals surface area contributed by atoms with Crippen molar-refractivity contribution in [2.45, 2.75) is 14.7 Å². The molecular weight excluding hydrogens is 510 g/mol. The van der Waals surface area contributed by atoms with Crippen molar-refractivity contribution in [3.8, 4) is 28.5 Å². The summed E-state index contributed by atoms with van der Waals surface area (Å²) in [7, 11) is -10.2. The SMILES string of the molecule is CS(=O)(=O)c1ccc(-c2nnc(-c3ccc(S(C)(=O)=O)cc3)n2-c2ccc(S(C)(=O)=O)cc2)cc1. The van der Waals surface area contributed by atoms with Gasteiger partial charge in [-0.1, -0.05) is 0 Å². The lowest BCUT2D eigenvalue weighted by atomic mass is 10.1. The van der Waals surface area contributed by atoms with Crippen LogP contribution in [0.25, 0.3) is 28.5 Å². The number of aromatic nitrogens is 3. The van der Waals surface area contributed by atoms with Gasteiger partial charge in [0.2, 0.25) is 0 Å². The fraction of sp³-hybridized carbons (Fsp3) is 0.130. The Labute approximate surface area is 203 Å². The Morgan fingerprint density at radius 3 is 1.06 bits per heavy atom. The average molecular weight is 532 g/mol. The van der Waals surface area contributed by atoms with Gasteiger partial charge >= 0.3 is 0 Å². The van der Waals surface area contributed by atoms with Crippen molar-refractivity contribution in [2.24, 2.45) is 0 Å². The van der Waals surface area contributed by atoms with Crippen LogP contribution >= 0.6 is 0 Å². The fourth-order valence-corrected chi connectivity index (χ4v) is 5.34. The Morgan fingerprint density at radius 1 is 0.486 bits per heavy atom. The van der Waals surface area contributed by atoms with E-state index in [0.29, 0.717) is 28.5 Å². The third-order valence-electron chi connectivity index (χ3n) is 5.27. The minimum absolute atomic E-state index is 0.146. The number of nitrogens with zero attached hydrogens (tertiary/aromatic N) is 3. The zero-order chi connectivity index (χ0) is 25.6. The molecule has 35 heavy (non-hydrogen) atoms. The average Bonchev–Trinajstić information content (AvgIpc) is 3.23. The van der Waals surface area contributed by atoms with Crippen LogP contribution in [-0.2, 0) is 29.5 Å². The van der Waals surface area contributed by atoms with Gasteiger partial charge in [-0.05, 0) is 72.8 Å². The van der Waals surface area contributed by atoms with Gasteiger partial charge in [-0.15, -0.1) is 10.2 Å². The number of benzene rings is 3. The first-order valence-corrected chi connectivity index (χ1v) is 15.8. The van der Waals surface area contributed by atoms with Crippen LogP contribution in [0.2, 0.25) is 0 Å². The van der Waals surface area contributed by atoms with Gasteiger partial charge in [-0.3, -0.25) is 4.57 Å². The fourth-order valence-electron chi connectivity index (χ4n) is 3.45. The smallest absolute Gasteiger partial charge is 0.175 e. The molecule has 0 N–H and O–H groups in total.